The van der Waals surface area contributed by atoms with Crippen molar-refractivity contribution in [3.05, 3.63) is 53.2 Å². The molecule has 0 unspecified atom stereocenters. The van der Waals surface area contributed by atoms with E-state index in [1.165, 1.54) is 12.3 Å². The van der Waals surface area contributed by atoms with Crippen LogP contribution in [0.1, 0.15) is 5.56 Å². The standard InChI is InChI=1S/C19H14ClF3N2O3/c20-13-3-10(4-14(6-13)24-7-11(8-24)18(26)27)16-9-25(28)17-5-12(19(21,22)23)1-2-15(16)17/h1-6,9,11,28H,7-8H2,(H,26,27). The van der Waals surface area contributed by atoms with Gasteiger partial charge in [0.05, 0.1) is 23.2 Å². The van der Waals surface area contributed by atoms with E-state index in [9.17, 15) is 23.2 Å². The van der Waals surface area contributed by atoms with Gasteiger partial charge in [0, 0.05) is 34.7 Å². The predicted octanol–water partition coefficient (Wildman–Crippen LogP) is 4.74. The molecule has 0 bridgehead atoms. The zero-order chi connectivity index (χ0) is 20.2. The van der Waals surface area contributed by atoms with Crippen LogP contribution >= 0.6 is 11.6 Å². The van der Waals surface area contributed by atoms with Crippen LogP contribution in [0.3, 0.4) is 0 Å². The van der Waals surface area contributed by atoms with Crippen molar-refractivity contribution in [2.24, 2.45) is 5.92 Å². The average molecular weight is 411 g/mol. The molecular formula is C19H14ClF3N2O3. The minimum Gasteiger partial charge on any atom is -0.481 e. The number of carbonyl (C=O) groups is 1. The maximum absolute atomic E-state index is 13.0. The Balaban J connectivity index is 1.75. The molecule has 0 spiro atoms. The molecule has 1 aliphatic rings. The Bertz CT molecular complexity index is 1090. The number of hydrogen-bond acceptors (Lipinski definition) is 3. The van der Waals surface area contributed by atoms with E-state index < -0.39 is 23.6 Å². The van der Waals surface area contributed by atoms with E-state index in [-0.39, 0.29) is 5.52 Å². The number of fused-ring (bicyclic) bond motifs is 1. The lowest BCUT2D eigenvalue weighted by Gasteiger charge is -2.38. The normalized spacial score (nSPS) is 15.1. The maximum Gasteiger partial charge on any atom is 0.416 e. The summed E-state index contributed by atoms with van der Waals surface area (Å²) in [6.45, 7) is 0.706. The molecule has 0 radical (unpaired) electrons. The number of aliphatic carboxylic acids is 1. The molecule has 1 aromatic heterocycles. The van der Waals surface area contributed by atoms with Gasteiger partial charge in [-0.3, -0.25) is 4.79 Å². The average Bonchev–Trinajstić information content (AvgIpc) is 2.88. The Kier molecular flexibility index (Phi) is 4.19. The number of alkyl halides is 3. The van der Waals surface area contributed by atoms with Crippen molar-refractivity contribution >= 4 is 34.2 Å². The van der Waals surface area contributed by atoms with Crippen molar-refractivity contribution in [1.82, 2.24) is 4.73 Å². The minimum absolute atomic E-state index is 0.0289. The number of benzene rings is 2. The summed E-state index contributed by atoms with van der Waals surface area (Å²) in [5.74, 6) is -1.30. The number of rotatable bonds is 3. The van der Waals surface area contributed by atoms with Crippen LogP contribution in [0, 0.1) is 5.92 Å². The van der Waals surface area contributed by atoms with Crippen LogP contribution in [0.15, 0.2) is 42.6 Å². The first-order chi connectivity index (χ1) is 13.1. The first kappa shape index (κ1) is 18.5. The topological polar surface area (TPSA) is 65.7 Å². The lowest BCUT2D eigenvalue weighted by atomic mass is 9.97. The van der Waals surface area contributed by atoms with E-state index >= 15 is 0 Å². The van der Waals surface area contributed by atoms with Gasteiger partial charge < -0.3 is 15.2 Å². The quantitative estimate of drug-likeness (QED) is 0.612. The van der Waals surface area contributed by atoms with Crippen molar-refractivity contribution in [2.45, 2.75) is 6.18 Å². The van der Waals surface area contributed by atoms with Crippen LogP contribution < -0.4 is 4.90 Å². The highest BCUT2D eigenvalue weighted by molar-refractivity contribution is 6.31. The lowest BCUT2D eigenvalue weighted by molar-refractivity contribution is -0.142. The summed E-state index contributed by atoms with van der Waals surface area (Å²) in [6.07, 6.45) is -3.18. The summed E-state index contributed by atoms with van der Waals surface area (Å²) in [7, 11) is 0. The Hall–Kier alpha value is -2.87. The van der Waals surface area contributed by atoms with E-state index in [4.69, 9.17) is 16.7 Å². The smallest absolute Gasteiger partial charge is 0.416 e. The third-order valence-corrected chi connectivity index (χ3v) is 5.12. The van der Waals surface area contributed by atoms with Crippen LogP contribution in [0.5, 0.6) is 0 Å². The highest BCUT2D eigenvalue weighted by atomic mass is 35.5. The SMILES string of the molecule is O=C(O)C1CN(c2cc(Cl)cc(-c3cn(O)c4cc(C(F)(F)F)ccc34)c2)C1. The second kappa shape index (κ2) is 6.34. The van der Waals surface area contributed by atoms with Gasteiger partial charge in [-0.05, 0) is 35.9 Å². The molecule has 146 valence electrons. The third-order valence-electron chi connectivity index (χ3n) is 4.90. The molecule has 3 aromatic rings. The number of nitrogens with zero attached hydrogens (tertiary/aromatic N) is 2. The highest BCUT2D eigenvalue weighted by Crippen LogP contribution is 2.38. The molecule has 2 aromatic carbocycles. The largest absolute Gasteiger partial charge is 0.481 e. The Morgan fingerprint density at radius 2 is 1.86 bits per heavy atom. The maximum atomic E-state index is 13.0. The fourth-order valence-electron chi connectivity index (χ4n) is 3.37. The van der Waals surface area contributed by atoms with Crippen LogP contribution in [-0.4, -0.2) is 34.1 Å². The summed E-state index contributed by atoms with van der Waals surface area (Å²) in [6, 6.07) is 8.28. The van der Waals surface area contributed by atoms with E-state index in [2.05, 4.69) is 0 Å². The van der Waals surface area contributed by atoms with Crippen molar-refractivity contribution < 1.29 is 28.3 Å². The summed E-state index contributed by atoms with van der Waals surface area (Å²) >= 11 is 6.21. The second-order valence-electron chi connectivity index (χ2n) is 6.76. The monoisotopic (exact) mass is 410 g/mol. The molecule has 1 fully saturated rings. The Labute approximate surface area is 162 Å². The van der Waals surface area contributed by atoms with Gasteiger partial charge in [-0.2, -0.15) is 17.9 Å². The molecule has 28 heavy (non-hydrogen) atoms. The van der Waals surface area contributed by atoms with Gasteiger partial charge in [-0.15, -0.1) is 0 Å². The molecular weight excluding hydrogens is 397 g/mol. The van der Waals surface area contributed by atoms with Crippen LogP contribution in [-0.2, 0) is 11.0 Å². The van der Waals surface area contributed by atoms with E-state index in [0.717, 1.165) is 12.1 Å². The molecule has 1 aliphatic heterocycles. The predicted molar refractivity (Wildman–Crippen MR) is 97.9 cm³/mol. The second-order valence-corrected chi connectivity index (χ2v) is 7.19. The number of carboxylic acid groups (broad SMARTS) is 1. The number of carboxylic acids is 1. The van der Waals surface area contributed by atoms with E-state index in [1.54, 1.807) is 18.2 Å². The molecule has 0 amide bonds. The van der Waals surface area contributed by atoms with Gasteiger partial charge in [0.15, 0.2) is 0 Å². The van der Waals surface area contributed by atoms with Gasteiger partial charge in [-0.25, -0.2) is 0 Å². The van der Waals surface area contributed by atoms with Crippen molar-refractivity contribution in [1.29, 1.82) is 0 Å². The number of aromatic nitrogens is 1. The van der Waals surface area contributed by atoms with Crippen molar-refractivity contribution in [3.63, 3.8) is 0 Å². The Morgan fingerprint density at radius 3 is 2.50 bits per heavy atom. The van der Waals surface area contributed by atoms with Crippen LogP contribution in [0.2, 0.25) is 5.02 Å². The molecule has 0 atom stereocenters. The molecule has 0 saturated carbocycles. The fourth-order valence-corrected chi connectivity index (χ4v) is 3.60. The Morgan fingerprint density at radius 1 is 1.14 bits per heavy atom. The van der Waals surface area contributed by atoms with Gasteiger partial charge >= 0.3 is 12.1 Å². The van der Waals surface area contributed by atoms with Crippen LogP contribution in [0.4, 0.5) is 18.9 Å². The van der Waals surface area contributed by atoms with E-state index in [0.29, 0.717) is 45.0 Å². The number of hydrogen-bond donors (Lipinski definition) is 2. The van der Waals surface area contributed by atoms with Crippen molar-refractivity contribution in [2.75, 3.05) is 18.0 Å². The van der Waals surface area contributed by atoms with Gasteiger partial charge in [-0.1, -0.05) is 17.7 Å². The third kappa shape index (κ3) is 3.13. The molecule has 2 N–H and O–H groups in total. The number of anilines is 1. The highest BCUT2D eigenvalue weighted by Gasteiger charge is 2.33. The summed E-state index contributed by atoms with van der Waals surface area (Å²) in [5, 5.41) is 19.9. The summed E-state index contributed by atoms with van der Waals surface area (Å²) in [4.78, 5) is 12.9. The zero-order valence-corrected chi connectivity index (χ0v) is 15.0. The lowest BCUT2D eigenvalue weighted by Crippen LogP contribution is -2.50. The summed E-state index contributed by atoms with van der Waals surface area (Å²) in [5.41, 5.74) is 1.02. The number of halogens is 4. The molecule has 1 saturated heterocycles. The first-order valence-corrected chi connectivity index (χ1v) is 8.71. The molecule has 5 nitrogen and oxygen atoms in total. The van der Waals surface area contributed by atoms with Crippen molar-refractivity contribution in [3.8, 4) is 11.1 Å². The van der Waals surface area contributed by atoms with Gasteiger partial charge in [0.25, 0.3) is 0 Å². The summed E-state index contributed by atoms with van der Waals surface area (Å²) < 4.78 is 39.5. The molecule has 9 heteroatoms. The van der Waals surface area contributed by atoms with Gasteiger partial charge in [0.2, 0.25) is 0 Å². The fraction of sp³-hybridized carbons (Fsp3) is 0.211. The molecule has 2 heterocycles. The van der Waals surface area contributed by atoms with E-state index in [1.807, 2.05) is 4.90 Å². The van der Waals surface area contributed by atoms with Crippen LogP contribution in [0.25, 0.3) is 22.0 Å². The zero-order valence-electron chi connectivity index (χ0n) is 14.2. The first-order valence-electron chi connectivity index (χ1n) is 8.34. The van der Waals surface area contributed by atoms with Gasteiger partial charge in [0.1, 0.15) is 0 Å². The molecule has 4 rings (SSSR count). The minimum atomic E-state index is -4.51. The molecule has 0 aliphatic carbocycles.